The number of hydrogen-bond donors (Lipinski definition) is 2. The van der Waals surface area contributed by atoms with E-state index in [0.717, 1.165) is 28.0 Å². The fraction of sp³-hybridized carbons (Fsp3) is 0.182. The molecule has 0 saturated carbocycles. The highest BCUT2D eigenvalue weighted by Gasteiger charge is 2.12. The van der Waals surface area contributed by atoms with Crippen molar-refractivity contribution in [2.24, 2.45) is 0 Å². The van der Waals surface area contributed by atoms with E-state index < -0.39 is 0 Å². The maximum atomic E-state index is 8.35. The molecule has 1 aromatic heterocycles. The Morgan fingerprint density at radius 2 is 1.93 bits per heavy atom. The summed E-state index contributed by atoms with van der Waals surface area (Å²) in [5, 5.41) is 8.35. The number of rotatable bonds is 7. The monoisotopic (exact) mass is 360 g/mol. The van der Waals surface area contributed by atoms with Gasteiger partial charge in [-0.2, -0.15) is 0 Å². The van der Waals surface area contributed by atoms with Crippen LogP contribution in [0.4, 0.5) is 5.69 Å². The Morgan fingerprint density at radius 3 is 2.67 bits per heavy atom. The van der Waals surface area contributed by atoms with Crippen LogP contribution in [0.3, 0.4) is 0 Å². The van der Waals surface area contributed by atoms with Crippen molar-refractivity contribution in [3.8, 4) is 16.9 Å². The van der Waals surface area contributed by atoms with Crippen molar-refractivity contribution in [1.29, 1.82) is 5.41 Å². The Balaban J connectivity index is 1.89. The fourth-order valence-corrected chi connectivity index (χ4v) is 2.86. The standard InChI is InChI=1S/C22H24N4O/c1-26(2)14-21(24)19-12-17(9-10-20(19)23)18-7-3-4-8-22(18)27-15-16-6-5-11-25-13-16/h3-13,24H,14-15,23H2,1-2H3. The van der Waals surface area contributed by atoms with Gasteiger partial charge in [0.1, 0.15) is 12.4 Å². The molecule has 0 spiro atoms. The summed E-state index contributed by atoms with van der Waals surface area (Å²) in [5.41, 5.74) is 10.9. The van der Waals surface area contributed by atoms with Crippen molar-refractivity contribution in [3.05, 3.63) is 78.1 Å². The molecule has 3 rings (SSSR count). The lowest BCUT2D eigenvalue weighted by atomic mass is 9.98. The van der Waals surface area contributed by atoms with Crippen LogP contribution in [-0.4, -0.2) is 36.2 Å². The van der Waals surface area contributed by atoms with Crippen molar-refractivity contribution in [2.45, 2.75) is 6.61 Å². The smallest absolute Gasteiger partial charge is 0.127 e. The number of likely N-dealkylation sites (N-methyl/N-ethyl adjacent to an activating group) is 1. The summed E-state index contributed by atoms with van der Waals surface area (Å²) in [7, 11) is 3.88. The SMILES string of the molecule is CN(C)CC(=N)c1cc(-c2ccccc2OCc2cccnc2)ccc1N. The summed E-state index contributed by atoms with van der Waals surface area (Å²) in [6, 6.07) is 17.6. The third-order valence-electron chi connectivity index (χ3n) is 4.17. The number of nitrogens with zero attached hydrogens (tertiary/aromatic N) is 2. The van der Waals surface area contributed by atoms with Gasteiger partial charge >= 0.3 is 0 Å². The molecule has 27 heavy (non-hydrogen) atoms. The number of nitrogens with two attached hydrogens (primary N) is 1. The Bertz CT molecular complexity index is 923. The van der Waals surface area contributed by atoms with Crippen LogP contribution in [0.1, 0.15) is 11.1 Å². The van der Waals surface area contributed by atoms with Crippen molar-refractivity contribution < 1.29 is 4.74 Å². The van der Waals surface area contributed by atoms with Crippen molar-refractivity contribution in [1.82, 2.24) is 9.88 Å². The molecule has 0 fully saturated rings. The van der Waals surface area contributed by atoms with E-state index in [1.807, 2.05) is 73.6 Å². The van der Waals surface area contributed by atoms with Gasteiger partial charge in [-0.1, -0.05) is 30.3 Å². The zero-order valence-corrected chi connectivity index (χ0v) is 15.6. The number of ether oxygens (including phenoxy) is 1. The van der Waals surface area contributed by atoms with Gasteiger partial charge < -0.3 is 20.8 Å². The normalized spacial score (nSPS) is 10.8. The Labute approximate surface area is 159 Å². The largest absolute Gasteiger partial charge is 0.488 e. The number of pyridine rings is 1. The third kappa shape index (κ3) is 4.71. The van der Waals surface area contributed by atoms with Gasteiger partial charge in [0.25, 0.3) is 0 Å². The lowest BCUT2D eigenvalue weighted by Crippen LogP contribution is -2.22. The molecule has 5 nitrogen and oxygen atoms in total. The van der Waals surface area contributed by atoms with E-state index in [9.17, 15) is 0 Å². The minimum absolute atomic E-state index is 0.448. The van der Waals surface area contributed by atoms with Crippen molar-refractivity contribution in [3.63, 3.8) is 0 Å². The predicted molar refractivity (Wildman–Crippen MR) is 110 cm³/mol. The summed E-state index contributed by atoms with van der Waals surface area (Å²) in [4.78, 5) is 6.08. The third-order valence-corrected chi connectivity index (χ3v) is 4.17. The van der Waals surface area contributed by atoms with E-state index in [0.29, 0.717) is 24.6 Å². The summed E-state index contributed by atoms with van der Waals surface area (Å²) < 4.78 is 6.04. The Morgan fingerprint density at radius 1 is 1.11 bits per heavy atom. The van der Waals surface area contributed by atoms with Gasteiger partial charge in [-0.3, -0.25) is 4.98 Å². The molecular formula is C22H24N4O. The first-order chi connectivity index (χ1) is 13.0. The maximum absolute atomic E-state index is 8.35. The molecule has 3 N–H and O–H groups in total. The number of nitrogens with one attached hydrogen (secondary N) is 1. The van der Waals surface area contributed by atoms with Crippen LogP contribution in [0.25, 0.3) is 11.1 Å². The van der Waals surface area contributed by atoms with Crippen LogP contribution >= 0.6 is 0 Å². The van der Waals surface area contributed by atoms with Gasteiger partial charge in [0, 0.05) is 41.3 Å². The van der Waals surface area contributed by atoms with Gasteiger partial charge in [-0.05, 0) is 43.9 Å². The minimum atomic E-state index is 0.448. The van der Waals surface area contributed by atoms with Gasteiger partial charge in [0.15, 0.2) is 0 Å². The zero-order valence-electron chi connectivity index (χ0n) is 15.6. The second kappa shape index (κ2) is 8.47. The molecule has 0 atom stereocenters. The lowest BCUT2D eigenvalue weighted by molar-refractivity contribution is 0.307. The van der Waals surface area contributed by atoms with Crippen LogP contribution < -0.4 is 10.5 Å². The number of hydrogen-bond acceptors (Lipinski definition) is 5. The van der Waals surface area contributed by atoms with E-state index in [2.05, 4.69) is 4.98 Å². The highest BCUT2D eigenvalue weighted by Crippen LogP contribution is 2.32. The quantitative estimate of drug-likeness (QED) is 0.496. The summed E-state index contributed by atoms with van der Waals surface area (Å²) in [6.45, 7) is 0.982. The molecule has 0 unspecified atom stereocenters. The summed E-state index contributed by atoms with van der Waals surface area (Å²) in [5.74, 6) is 0.788. The number of anilines is 1. The topological polar surface area (TPSA) is 75.2 Å². The molecule has 5 heteroatoms. The van der Waals surface area contributed by atoms with Crippen molar-refractivity contribution in [2.75, 3.05) is 26.4 Å². The molecule has 0 radical (unpaired) electrons. The number of para-hydroxylation sites is 1. The number of benzene rings is 2. The van der Waals surface area contributed by atoms with Crippen LogP contribution in [0.2, 0.25) is 0 Å². The lowest BCUT2D eigenvalue weighted by Gasteiger charge is -2.16. The van der Waals surface area contributed by atoms with Gasteiger partial charge in [0.05, 0.1) is 5.71 Å². The minimum Gasteiger partial charge on any atom is -0.488 e. The second-order valence-electron chi connectivity index (χ2n) is 6.66. The first kappa shape index (κ1) is 18.6. The molecule has 3 aromatic rings. The number of aromatic nitrogens is 1. The summed E-state index contributed by atoms with van der Waals surface area (Å²) >= 11 is 0. The van der Waals surface area contributed by atoms with E-state index in [4.69, 9.17) is 15.9 Å². The highest BCUT2D eigenvalue weighted by molar-refractivity contribution is 6.05. The molecule has 0 aliphatic rings. The molecule has 0 aliphatic heterocycles. The molecule has 1 heterocycles. The average Bonchev–Trinajstić information content (AvgIpc) is 2.67. The van der Waals surface area contributed by atoms with Crippen LogP contribution in [-0.2, 0) is 6.61 Å². The van der Waals surface area contributed by atoms with Gasteiger partial charge in [-0.15, -0.1) is 0 Å². The van der Waals surface area contributed by atoms with E-state index >= 15 is 0 Å². The Kier molecular flexibility index (Phi) is 5.84. The van der Waals surface area contributed by atoms with E-state index in [1.54, 1.807) is 12.4 Å². The molecule has 0 bridgehead atoms. The Hall–Kier alpha value is -3.18. The molecule has 0 amide bonds. The molecule has 0 aliphatic carbocycles. The van der Waals surface area contributed by atoms with Crippen molar-refractivity contribution >= 4 is 11.4 Å². The van der Waals surface area contributed by atoms with Gasteiger partial charge in [0.2, 0.25) is 0 Å². The molecule has 138 valence electrons. The predicted octanol–water partition coefficient (Wildman–Crippen LogP) is 3.84. The molecule has 2 aromatic carbocycles. The maximum Gasteiger partial charge on any atom is 0.127 e. The molecular weight excluding hydrogens is 336 g/mol. The fourth-order valence-electron chi connectivity index (χ4n) is 2.86. The average molecular weight is 360 g/mol. The van der Waals surface area contributed by atoms with Gasteiger partial charge in [-0.25, -0.2) is 0 Å². The van der Waals surface area contributed by atoms with Crippen LogP contribution in [0, 0.1) is 5.41 Å². The van der Waals surface area contributed by atoms with Crippen LogP contribution in [0.15, 0.2) is 67.0 Å². The van der Waals surface area contributed by atoms with Crippen LogP contribution in [0.5, 0.6) is 5.75 Å². The molecule has 0 saturated heterocycles. The second-order valence-corrected chi connectivity index (χ2v) is 6.66. The van der Waals surface area contributed by atoms with E-state index in [1.165, 1.54) is 0 Å². The first-order valence-corrected chi connectivity index (χ1v) is 8.78. The number of nitrogen functional groups attached to an aromatic ring is 1. The van der Waals surface area contributed by atoms with E-state index in [-0.39, 0.29) is 0 Å². The zero-order chi connectivity index (χ0) is 19.2. The summed E-state index contributed by atoms with van der Waals surface area (Å²) in [6.07, 6.45) is 3.54. The first-order valence-electron chi connectivity index (χ1n) is 8.78. The highest BCUT2D eigenvalue weighted by atomic mass is 16.5.